The molecule has 6 aromatic rings. The fourth-order valence-corrected chi connectivity index (χ4v) is 9.12. The Bertz CT molecular complexity index is 2380. The number of fused-ring (bicyclic) bond motifs is 5. The van der Waals surface area contributed by atoms with Gasteiger partial charge in [0.05, 0.1) is 46.4 Å². The van der Waals surface area contributed by atoms with Gasteiger partial charge in [0.25, 0.3) is 5.91 Å². The first-order valence-electron chi connectivity index (χ1n) is 16.9. The maximum absolute atomic E-state index is 14.3. The first-order chi connectivity index (χ1) is 24.4. The molecule has 0 unspecified atom stereocenters. The highest BCUT2D eigenvalue weighted by molar-refractivity contribution is 7.23. The SMILES string of the molecule is COc1cccc2c1CC[C@H]2Nc1nccc2cc(-c3c4c(nc(CCc5ccc(F)cc5)c3-c3noc(=O)n3C)[C@@H]3CCCN3C4=O)sc12. The average Bonchev–Trinajstić information content (AvgIpc) is 3.96. The van der Waals surface area contributed by atoms with Crippen LogP contribution in [0.4, 0.5) is 10.2 Å². The Kier molecular flexibility index (Phi) is 7.30. The number of hydrogen-bond donors (Lipinski definition) is 1. The highest BCUT2D eigenvalue weighted by Crippen LogP contribution is 2.50. The number of ether oxygens (including phenoxy) is 1. The molecule has 0 bridgehead atoms. The molecule has 1 N–H and O–H groups in total. The molecule has 6 heterocycles. The van der Waals surface area contributed by atoms with E-state index in [1.807, 2.05) is 23.1 Å². The van der Waals surface area contributed by atoms with E-state index in [1.54, 1.807) is 43.8 Å². The summed E-state index contributed by atoms with van der Waals surface area (Å²) in [6.45, 7) is 0.667. The average molecular weight is 689 g/mol. The van der Waals surface area contributed by atoms with E-state index < -0.39 is 5.76 Å². The lowest BCUT2D eigenvalue weighted by atomic mass is 9.92. The van der Waals surface area contributed by atoms with Crippen LogP contribution in [0, 0.1) is 5.82 Å². The van der Waals surface area contributed by atoms with Crippen molar-refractivity contribution in [3.63, 3.8) is 0 Å². The molecular formula is C38H33FN6O4S. The van der Waals surface area contributed by atoms with Gasteiger partial charge in [-0.2, -0.15) is 0 Å². The zero-order chi connectivity index (χ0) is 34.1. The minimum Gasteiger partial charge on any atom is -0.496 e. The molecule has 12 heteroatoms. The molecular weight excluding hydrogens is 656 g/mol. The summed E-state index contributed by atoms with van der Waals surface area (Å²) in [5.74, 6) is 1.01. The molecule has 0 radical (unpaired) electrons. The van der Waals surface area contributed by atoms with Gasteiger partial charge in [0.15, 0.2) is 5.82 Å². The number of anilines is 1. The molecule has 252 valence electrons. The van der Waals surface area contributed by atoms with Crippen LogP contribution in [0.3, 0.4) is 0 Å². The zero-order valence-electron chi connectivity index (χ0n) is 27.5. The van der Waals surface area contributed by atoms with Gasteiger partial charge in [-0.15, -0.1) is 11.3 Å². The van der Waals surface area contributed by atoms with E-state index in [1.165, 1.54) is 27.8 Å². The summed E-state index contributed by atoms with van der Waals surface area (Å²) in [6.07, 6.45) is 6.43. The van der Waals surface area contributed by atoms with Crippen molar-refractivity contribution in [2.45, 2.75) is 50.6 Å². The number of carbonyl (C=O) groups is 1. The molecule has 3 aliphatic rings. The number of amides is 1. The number of halogens is 1. The van der Waals surface area contributed by atoms with E-state index in [4.69, 9.17) is 19.2 Å². The minimum absolute atomic E-state index is 0.0599. The maximum atomic E-state index is 14.3. The number of carbonyl (C=O) groups excluding carboxylic acids is 1. The van der Waals surface area contributed by atoms with Gasteiger partial charge in [0, 0.05) is 30.2 Å². The summed E-state index contributed by atoms with van der Waals surface area (Å²) in [6, 6.07) is 16.6. The number of methoxy groups -OCH3 is 1. The molecule has 9 rings (SSSR count). The van der Waals surface area contributed by atoms with Gasteiger partial charge in [-0.25, -0.2) is 14.2 Å². The number of nitrogens with zero attached hydrogens (tertiary/aromatic N) is 5. The van der Waals surface area contributed by atoms with Gasteiger partial charge in [0.1, 0.15) is 17.4 Å². The molecule has 50 heavy (non-hydrogen) atoms. The lowest BCUT2D eigenvalue weighted by molar-refractivity contribution is 0.0776. The molecule has 0 spiro atoms. The van der Waals surface area contributed by atoms with Crippen molar-refractivity contribution in [2.75, 3.05) is 19.0 Å². The second-order valence-corrected chi connectivity index (χ2v) is 14.2. The molecule has 4 aromatic heterocycles. The van der Waals surface area contributed by atoms with E-state index in [0.29, 0.717) is 47.6 Å². The summed E-state index contributed by atoms with van der Waals surface area (Å²) in [5, 5.41) is 8.93. The molecule has 1 amide bonds. The number of aromatic nitrogens is 4. The number of aryl methyl sites for hydroxylation is 2. The quantitative estimate of drug-likeness (QED) is 0.181. The molecule has 1 saturated heterocycles. The van der Waals surface area contributed by atoms with E-state index in [2.05, 4.69) is 22.6 Å². The maximum Gasteiger partial charge on any atom is 0.441 e. The molecule has 2 aromatic carbocycles. The first-order valence-corrected chi connectivity index (χ1v) is 17.7. The van der Waals surface area contributed by atoms with Crippen LogP contribution in [0.1, 0.15) is 69.8 Å². The van der Waals surface area contributed by atoms with E-state index >= 15 is 0 Å². The number of thiophene rings is 1. The summed E-state index contributed by atoms with van der Waals surface area (Å²) < 4.78 is 26.9. The Labute approximate surface area is 290 Å². The van der Waals surface area contributed by atoms with Crippen LogP contribution in [-0.4, -0.2) is 44.2 Å². The molecule has 1 fully saturated rings. The molecule has 0 saturated carbocycles. The van der Waals surface area contributed by atoms with Crippen molar-refractivity contribution < 1.29 is 18.4 Å². The number of rotatable bonds is 8. The van der Waals surface area contributed by atoms with Crippen molar-refractivity contribution in [1.82, 2.24) is 24.6 Å². The van der Waals surface area contributed by atoms with E-state index in [9.17, 15) is 14.0 Å². The zero-order valence-corrected chi connectivity index (χ0v) is 28.3. The molecule has 1 aliphatic carbocycles. The van der Waals surface area contributed by atoms with Crippen molar-refractivity contribution >= 4 is 33.1 Å². The van der Waals surface area contributed by atoms with Crippen molar-refractivity contribution in [3.05, 3.63) is 111 Å². The Hall–Kier alpha value is -5.36. The van der Waals surface area contributed by atoms with Gasteiger partial charge in [-0.3, -0.25) is 18.9 Å². The predicted octanol–water partition coefficient (Wildman–Crippen LogP) is 7.04. The van der Waals surface area contributed by atoms with Crippen LogP contribution in [0.25, 0.3) is 31.9 Å². The van der Waals surface area contributed by atoms with E-state index in [0.717, 1.165) is 63.5 Å². The minimum atomic E-state index is -0.608. The van der Waals surface area contributed by atoms with E-state index in [-0.39, 0.29) is 23.8 Å². The number of benzene rings is 2. The van der Waals surface area contributed by atoms with Gasteiger partial charge >= 0.3 is 5.76 Å². The summed E-state index contributed by atoms with van der Waals surface area (Å²) >= 11 is 1.56. The number of hydrogen-bond acceptors (Lipinski definition) is 9. The van der Waals surface area contributed by atoms with Crippen molar-refractivity contribution in [1.29, 1.82) is 0 Å². The fraction of sp³-hybridized carbons (Fsp3) is 0.289. The Morgan fingerprint density at radius 2 is 1.92 bits per heavy atom. The van der Waals surface area contributed by atoms with Crippen LogP contribution in [-0.2, 0) is 26.3 Å². The van der Waals surface area contributed by atoms with Gasteiger partial charge < -0.3 is 15.0 Å². The third-order valence-corrected chi connectivity index (χ3v) is 11.5. The smallest absolute Gasteiger partial charge is 0.441 e. The number of pyridine rings is 2. The highest BCUT2D eigenvalue weighted by Gasteiger charge is 2.45. The summed E-state index contributed by atoms with van der Waals surface area (Å²) in [7, 11) is 3.32. The Balaban J connectivity index is 1.22. The molecule has 10 nitrogen and oxygen atoms in total. The van der Waals surface area contributed by atoms with Crippen molar-refractivity contribution in [2.24, 2.45) is 7.05 Å². The largest absolute Gasteiger partial charge is 0.496 e. The topological polar surface area (TPSA) is 115 Å². The molecule has 2 atom stereocenters. The normalized spacial score (nSPS) is 17.7. The van der Waals surface area contributed by atoms with Crippen LogP contribution in [0.15, 0.2) is 70.1 Å². The Morgan fingerprint density at radius 1 is 1.06 bits per heavy atom. The second-order valence-electron chi connectivity index (χ2n) is 13.1. The third-order valence-electron chi connectivity index (χ3n) is 10.4. The summed E-state index contributed by atoms with van der Waals surface area (Å²) in [5.41, 5.74) is 6.69. The monoisotopic (exact) mass is 688 g/mol. The van der Waals surface area contributed by atoms with Crippen LogP contribution in [0.5, 0.6) is 5.75 Å². The predicted molar refractivity (Wildman–Crippen MR) is 188 cm³/mol. The van der Waals surface area contributed by atoms with Crippen LogP contribution in [0.2, 0.25) is 0 Å². The highest BCUT2D eigenvalue weighted by atomic mass is 32.1. The number of nitrogens with one attached hydrogen (secondary N) is 1. The fourth-order valence-electron chi connectivity index (χ4n) is 7.95. The van der Waals surface area contributed by atoms with Crippen molar-refractivity contribution in [3.8, 4) is 27.6 Å². The standard InChI is InChI=1S/C38H33FN6O4S/c1-44-36(43-49-38(44)47)30-26(14-10-20-8-11-22(39)12-9-20)41-33-27-6-4-18-45(27)37(46)32(33)31(30)29-19-21-16-17-40-35(34(21)50-29)42-25-15-13-24-23(25)5-3-7-28(24)48-2/h3,5,7-9,11-12,16-17,19,25,27H,4,6,10,13-15,18H2,1-2H3,(H,40,42)/t25-,27+/m1/s1. The van der Waals surface area contributed by atoms with Gasteiger partial charge in [-0.05, 0) is 90.9 Å². The van der Waals surface area contributed by atoms with Crippen LogP contribution >= 0.6 is 11.3 Å². The lowest BCUT2D eigenvalue weighted by Gasteiger charge is -2.17. The first kappa shape index (κ1) is 30.7. The summed E-state index contributed by atoms with van der Waals surface area (Å²) in [4.78, 5) is 39.7. The lowest BCUT2D eigenvalue weighted by Crippen LogP contribution is -2.23. The molecule has 2 aliphatic heterocycles. The van der Waals surface area contributed by atoms with Gasteiger partial charge in [0.2, 0.25) is 0 Å². The van der Waals surface area contributed by atoms with Crippen LogP contribution < -0.4 is 15.8 Å². The van der Waals surface area contributed by atoms with Gasteiger partial charge in [-0.1, -0.05) is 29.4 Å². The Morgan fingerprint density at radius 3 is 2.72 bits per heavy atom. The third kappa shape index (κ3) is 4.84. The second kappa shape index (κ2) is 11.9.